The van der Waals surface area contributed by atoms with Gasteiger partial charge in [0.05, 0.1) is 11.7 Å². The molecule has 1 aliphatic carbocycles. The maximum Gasteiger partial charge on any atom is 0.326 e. The van der Waals surface area contributed by atoms with Gasteiger partial charge in [-0.3, -0.25) is 14.5 Å². The third kappa shape index (κ3) is 16.3. The molecular weight excluding hydrogens is 705 g/mol. The Labute approximate surface area is 315 Å². The van der Waals surface area contributed by atoms with Gasteiger partial charge in [0.15, 0.2) is 0 Å². The van der Waals surface area contributed by atoms with E-state index in [-0.39, 0.29) is 18.1 Å². The van der Waals surface area contributed by atoms with Crippen LogP contribution in [0.5, 0.6) is 0 Å². The van der Waals surface area contributed by atoms with E-state index in [1.807, 2.05) is 56.0 Å². The number of nitrogens with one attached hydrogen (secondary N) is 1. The molecule has 0 aromatic heterocycles. The minimum absolute atomic E-state index is 0.183. The first-order chi connectivity index (χ1) is 24.2. The van der Waals surface area contributed by atoms with Crippen LogP contribution in [-0.2, 0) is 26.0 Å². The molecule has 12 heteroatoms. The molecule has 1 heterocycles. The molecule has 0 bridgehead atoms. The summed E-state index contributed by atoms with van der Waals surface area (Å²) in [6, 6.07) is 13.0. The van der Waals surface area contributed by atoms with Crippen molar-refractivity contribution in [1.82, 2.24) is 10.2 Å². The number of carboxylic acid groups (broad SMARTS) is 2. The molecule has 286 valence electrons. The van der Waals surface area contributed by atoms with Crippen molar-refractivity contribution in [2.24, 2.45) is 11.8 Å². The number of aliphatic carboxylic acids is 2. The van der Waals surface area contributed by atoms with E-state index in [0.717, 1.165) is 59.7 Å². The Morgan fingerprint density at radius 2 is 1.59 bits per heavy atom. The lowest BCUT2D eigenvalue weighted by molar-refractivity contribution is -0.141. The fourth-order valence-electron chi connectivity index (χ4n) is 6.64. The van der Waals surface area contributed by atoms with E-state index in [2.05, 4.69) is 16.3 Å². The number of carboxylic acids is 2. The second-order valence-corrected chi connectivity index (χ2v) is 18.0. The standard InChI is InChI=1S/C31H42N2O5S.C6H12O2S.C2H6S/c1-22-9-6-7-13-26(22)28-20-24(21-33-17-8-12-25(33)19-23-10-4-3-5-11-23)14-15-27(28)30(34)32-29(31(35)36)16-18-39(2,37)38;1-5(6(7)8)3-4-9-2;1-3-2/h6-7,9,13-15,20,23,25,29H,3-5,8,10-12,16-19,21H2,1-2H3,(H,32,34)(H,35,36);5H,3-4H2,1-2H3,(H,7,8);1-2H3. The highest BCUT2D eigenvalue weighted by Gasteiger charge is 2.29. The second kappa shape index (κ2) is 23.2. The van der Waals surface area contributed by atoms with Gasteiger partial charge >= 0.3 is 11.9 Å². The van der Waals surface area contributed by atoms with Crippen LogP contribution < -0.4 is 5.32 Å². The lowest BCUT2D eigenvalue weighted by atomic mass is 9.84. The summed E-state index contributed by atoms with van der Waals surface area (Å²) in [5, 5.41) is 20.6. The number of hydrogen-bond acceptors (Lipinski definition) is 8. The number of carbonyl (C=O) groups excluding carboxylic acids is 1. The Kier molecular flexibility index (Phi) is 20.3. The van der Waals surface area contributed by atoms with Crippen LogP contribution in [0, 0.1) is 18.8 Å². The first kappa shape index (κ1) is 44.6. The zero-order valence-electron chi connectivity index (χ0n) is 31.4. The summed E-state index contributed by atoms with van der Waals surface area (Å²) in [5.41, 5.74) is 4.23. The molecule has 1 amide bonds. The number of aryl methyl sites for hydroxylation is 1. The molecule has 2 fully saturated rings. The van der Waals surface area contributed by atoms with Crippen molar-refractivity contribution < 1.29 is 33.0 Å². The van der Waals surface area contributed by atoms with E-state index >= 15 is 0 Å². The lowest BCUT2D eigenvalue weighted by Crippen LogP contribution is -2.42. The summed E-state index contributed by atoms with van der Waals surface area (Å²) in [4.78, 5) is 38.0. The van der Waals surface area contributed by atoms with Gasteiger partial charge in [-0.1, -0.05) is 69.4 Å². The highest BCUT2D eigenvalue weighted by molar-refractivity contribution is 7.98. The van der Waals surface area contributed by atoms with Crippen LogP contribution in [0.3, 0.4) is 0 Å². The number of rotatable bonds is 15. The Bertz CT molecular complexity index is 1500. The van der Waals surface area contributed by atoms with Crippen LogP contribution in [0.1, 0.15) is 92.6 Å². The van der Waals surface area contributed by atoms with Gasteiger partial charge in [-0.2, -0.15) is 23.5 Å². The van der Waals surface area contributed by atoms with Crippen molar-refractivity contribution >= 4 is 51.2 Å². The molecule has 2 aromatic carbocycles. The van der Waals surface area contributed by atoms with Crippen molar-refractivity contribution in [2.75, 3.05) is 43.1 Å². The van der Waals surface area contributed by atoms with Crippen LogP contribution >= 0.6 is 23.5 Å². The topological polar surface area (TPSA) is 141 Å². The molecule has 3 N–H and O–H groups in total. The van der Waals surface area contributed by atoms with E-state index in [1.54, 1.807) is 36.5 Å². The Balaban J connectivity index is 0.000000647. The van der Waals surface area contributed by atoms with Crippen LogP contribution in [0.15, 0.2) is 42.5 Å². The monoisotopic (exact) mass is 764 g/mol. The predicted octanol–water partition coefficient (Wildman–Crippen LogP) is 7.65. The van der Waals surface area contributed by atoms with Crippen LogP contribution in [0.4, 0.5) is 0 Å². The summed E-state index contributed by atoms with van der Waals surface area (Å²) < 4.78 is 23.2. The Hall–Kier alpha value is -2.54. The average molecular weight is 765 g/mol. The number of thioether (sulfide) groups is 2. The molecule has 4 rings (SSSR count). The number of sulfone groups is 1. The maximum absolute atomic E-state index is 13.4. The number of nitrogens with zero attached hydrogens (tertiary/aromatic N) is 1. The smallest absolute Gasteiger partial charge is 0.326 e. The molecule has 2 aromatic rings. The number of carbonyl (C=O) groups is 3. The molecule has 1 saturated heterocycles. The second-order valence-electron chi connectivity index (χ2n) is 13.9. The van der Waals surface area contributed by atoms with Crippen LogP contribution in [0.2, 0.25) is 0 Å². The van der Waals surface area contributed by atoms with Crippen LogP contribution in [0.25, 0.3) is 11.1 Å². The molecule has 2 aliphatic rings. The molecule has 0 radical (unpaired) electrons. The minimum atomic E-state index is -3.36. The third-order valence-corrected chi connectivity index (χ3v) is 11.2. The van der Waals surface area contributed by atoms with Gasteiger partial charge in [-0.05, 0) is 110 Å². The van der Waals surface area contributed by atoms with Gasteiger partial charge in [-0.25, -0.2) is 13.2 Å². The number of hydrogen-bond donors (Lipinski definition) is 3. The highest BCUT2D eigenvalue weighted by Crippen LogP contribution is 2.34. The number of likely N-dealkylation sites (tertiary alicyclic amines) is 1. The molecule has 9 nitrogen and oxygen atoms in total. The molecular formula is C39H60N2O7S3. The molecule has 1 aliphatic heterocycles. The minimum Gasteiger partial charge on any atom is -0.481 e. The Morgan fingerprint density at radius 3 is 2.18 bits per heavy atom. The quantitative estimate of drug-likeness (QED) is 0.166. The van der Waals surface area contributed by atoms with Gasteiger partial charge in [-0.15, -0.1) is 0 Å². The molecule has 0 spiro atoms. The van der Waals surface area contributed by atoms with E-state index in [1.165, 1.54) is 51.4 Å². The van der Waals surface area contributed by atoms with Crippen LogP contribution in [-0.4, -0.2) is 96.5 Å². The predicted molar refractivity (Wildman–Crippen MR) is 214 cm³/mol. The average Bonchev–Trinajstić information content (AvgIpc) is 3.51. The van der Waals surface area contributed by atoms with Gasteiger partial charge < -0.3 is 15.5 Å². The van der Waals surface area contributed by atoms with Gasteiger partial charge in [0.2, 0.25) is 0 Å². The summed E-state index contributed by atoms with van der Waals surface area (Å²) in [7, 11) is -3.36. The summed E-state index contributed by atoms with van der Waals surface area (Å²) in [5.74, 6) is -1.18. The van der Waals surface area contributed by atoms with Gasteiger partial charge in [0, 0.05) is 24.4 Å². The largest absolute Gasteiger partial charge is 0.481 e. The SMILES string of the molecule is CSC.CSCCC(C)C(=O)O.Cc1ccccc1-c1cc(CN2CCCC2CC2CCCCC2)ccc1C(=O)NC(CCS(C)(=O)=O)C(=O)O. The first-order valence-electron chi connectivity index (χ1n) is 18.0. The fourth-order valence-corrected chi connectivity index (χ4v) is 7.89. The van der Waals surface area contributed by atoms with Crippen molar-refractivity contribution in [1.29, 1.82) is 0 Å². The fraction of sp³-hybridized carbons (Fsp3) is 0.615. The van der Waals surface area contributed by atoms with E-state index in [9.17, 15) is 27.9 Å². The summed E-state index contributed by atoms with van der Waals surface area (Å²) >= 11 is 3.43. The normalized spacial score (nSPS) is 17.6. The zero-order valence-corrected chi connectivity index (χ0v) is 33.8. The summed E-state index contributed by atoms with van der Waals surface area (Å²) in [6.45, 7) is 5.64. The first-order valence-corrected chi connectivity index (χ1v) is 23.1. The van der Waals surface area contributed by atoms with Crippen molar-refractivity contribution in [3.63, 3.8) is 0 Å². The van der Waals surface area contributed by atoms with Crippen molar-refractivity contribution in [3.8, 4) is 11.1 Å². The molecule has 1 saturated carbocycles. The zero-order chi connectivity index (χ0) is 38.0. The molecule has 3 atom stereocenters. The van der Waals surface area contributed by atoms with E-state index in [4.69, 9.17) is 5.11 Å². The number of benzene rings is 2. The Morgan fingerprint density at radius 1 is 0.922 bits per heavy atom. The van der Waals surface area contributed by atoms with Crippen molar-refractivity contribution in [2.45, 2.75) is 96.7 Å². The molecule has 3 unspecified atom stereocenters. The van der Waals surface area contributed by atoms with E-state index in [0.29, 0.717) is 11.6 Å². The highest BCUT2D eigenvalue weighted by atomic mass is 32.2. The number of amides is 1. The van der Waals surface area contributed by atoms with Gasteiger partial charge in [0.25, 0.3) is 5.91 Å². The lowest BCUT2D eigenvalue weighted by Gasteiger charge is -2.30. The summed E-state index contributed by atoms with van der Waals surface area (Å²) in [6.07, 6.45) is 18.2. The third-order valence-electron chi connectivity index (χ3n) is 9.54. The van der Waals surface area contributed by atoms with E-state index < -0.39 is 33.7 Å². The molecule has 51 heavy (non-hydrogen) atoms. The van der Waals surface area contributed by atoms with Crippen molar-refractivity contribution in [3.05, 3.63) is 59.2 Å². The van der Waals surface area contributed by atoms with Gasteiger partial charge in [0.1, 0.15) is 15.9 Å². The maximum atomic E-state index is 13.4.